The molecule has 2 N–H and O–H groups in total. The molecule has 0 spiro atoms. The summed E-state index contributed by atoms with van der Waals surface area (Å²) < 4.78 is 0.943. The molecular formula is C9H10BrClN4. The van der Waals surface area contributed by atoms with E-state index in [0.29, 0.717) is 0 Å². The zero-order chi connectivity index (χ0) is 9.54. The van der Waals surface area contributed by atoms with E-state index in [2.05, 4.69) is 36.4 Å². The van der Waals surface area contributed by atoms with Gasteiger partial charge in [0.2, 0.25) is 0 Å². The first-order valence-corrected chi connectivity index (χ1v) is 5.36. The third-order valence-corrected chi connectivity index (χ3v) is 3.18. The van der Waals surface area contributed by atoms with Crippen molar-refractivity contribution < 1.29 is 0 Å². The van der Waals surface area contributed by atoms with Gasteiger partial charge in [0.1, 0.15) is 4.60 Å². The largest absolute Gasteiger partial charge is 0.312 e. The lowest BCUT2D eigenvalue weighted by Gasteiger charge is -2.16. The van der Waals surface area contributed by atoms with E-state index in [1.807, 2.05) is 6.20 Å². The number of nitrogens with one attached hydrogen (secondary N) is 2. The summed E-state index contributed by atoms with van der Waals surface area (Å²) >= 11 is 3.47. The van der Waals surface area contributed by atoms with Crippen LogP contribution in [0.5, 0.6) is 0 Å². The number of nitrogens with zero attached hydrogens (tertiary/aromatic N) is 2. The van der Waals surface area contributed by atoms with Crippen LogP contribution in [0.2, 0.25) is 0 Å². The molecule has 0 saturated carbocycles. The summed E-state index contributed by atoms with van der Waals surface area (Å²) in [6.45, 7) is 1.94. The van der Waals surface area contributed by atoms with Crippen molar-refractivity contribution in [2.24, 2.45) is 0 Å². The minimum absolute atomic E-state index is 0. The zero-order valence-corrected chi connectivity index (χ0v) is 10.3. The van der Waals surface area contributed by atoms with Crippen molar-refractivity contribution in [3.05, 3.63) is 21.9 Å². The summed E-state index contributed by atoms with van der Waals surface area (Å²) in [5.74, 6) is 0. The molecule has 0 aromatic carbocycles. The second kappa shape index (κ2) is 4.08. The Morgan fingerprint density at radius 3 is 3.13 bits per heavy atom. The van der Waals surface area contributed by atoms with Gasteiger partial charge in [0.15, 0.2) is 5.65 Å². The van der Waals surface area contributed by atoms with Gasteiger partial charge < -0.3 is 5.32 Å². The third kappa shape index (κ3) is 1.64. The van der Waals surface area contributed by atoms with Crippen LogP contribution in [-0.2, 0) is 13.0 Å². The zero-order valence-electron chi connectivity index (χ0n) is 7.88. The van der Waals surface area contributed by atoms with Gasteiger partial charge in [-0.1, -0.05) is 0 Å². The fraction of sp³-hybridized carbons (Fsp3) is 0.333. The molecular weight excluding hydrogens is 279 g/mol. The van der Waals surface area contributed by atoms with Crippen LogP contribution >= 0.6 is 28.3 Å². The Hall–Kier alpha value is -0.650. The average Bonchev–Trinajstić information content (AvgIpc) is 2.61. The van der Waals surface area contributed by atoms with Gasteiger partial charge in [-0.05, 0) is 40.0 Å². The van der Waals surface area contributed by atoms with Crippen LogP contribution in [0.1, 0.15) is 11.1 Å². The Balaban J connectivity index is 0.000000853. The first-order chi connectivity index (χ1) is 6.86. The number of H-pyrrole nitrogens is 1. The summed E-state index contributed by atoms with van der Waals surface area (Å²) in [5, 5.41) is 11.5. The van der Waals surface area contributed by atoms with E-state index in [-0.39, 0.29) is 12.4 Å². The van der Waals surface area contributed by atoms with Crippen molar-refractivity contribution in [1.29, 1.82) is 0 Å². The molecule has 2 aromatic rings. The predicted octanol–water partition coefficient (Wildman–Crippen LogP) is 1.79. The highest BCUT2D eigenvalue weighted by Crippen LogP contribution is 2.27. The van der Waals surface area contributed by atoms with E-state index in [0.717, 1.165) is 35.1 Å². The van der Waals surface area contributed by atoms with Gasteiger partial charge in [-0.25, -0.2) is 4.98 Å². The van der Waals surface area contributed by atoms with Crippen molar-refractivity contribution in [1.82, 2.24) is 20.5 Å². The van der Waals surface area contributed by atoms with Gasteiger partial charge >= 0.3 is 0 Å². The van der Waals surface area contributed by atoms with Crippen LogP contribution in [0, 0.1) is 0 Å². The quantitative estimate of drug-likeness (QED) is 0.777. The molecule has 3 heterocycles. The van der Waals surface area contributed by atoms with Gasteiger partial charge in [0.05, 0.1) is 5.39 Å². The number of aromatic amines is 1. The molecule has 0 amide bonds. The molecule has 3 rings (SSSR count). The van der Waals surface area contributed by atoms with Gasteiger partial charge in [0, 0.05) is 12.7 Å². The number of hydrogen-bond acceptors (Lipinski definition) is 3. The van der Waals surface area contributed by atoms with E-state index >= 15 is 0 Å². The first-order valence-electron chi connectivity index (χ1n) is 4.57. The Kier molecular flexibility index (Phi) is 2.95. The van der Waals surface area contributed by atoms with Crippen LogP contribution in [0.25, 0.3) is 11.0 Å². The lowest BCUT2D eigenvalue weighted by Crippen LogP contribution is -2.23. The van der Waals surface area contributed by atoms with E-state index in [9.17, 15) is 0 Å². The molecule has 0 fully saturated rings. The summed E-state index contributed by atoms with van der Waals surface area (Å²) in [6.07, 6.45) is 2.96. The lowest BCUT2D eigenvalue weighted by molar-refractivity contribution is 0.645. The summed E-state index contributed by atoms with van der Waals surface area (Å²) in [4.78, 5) is 4.30. The average molecular weight is 290 g/mol. The maximum atomic E-state index is 4.30. The van der Waals surface area contributed by atoms with Gasteiger partial charge in [-0.3, -0.25) is 5.10 Å². The SMILES string of the molecule is Brc1[nH]nc2ncc3c(c12)CCNC3.Cl. The first kappa shape index (κ1) is 10.9. The number of halogens is 2. The predicted molar refractivity (Wildman–Crippen MR) is 64.2 cm³/mol. The van der Waals surface area contributed by atoms with E-state index in [1.54, 1.807) is 0 Å². The molecule has 6 heteroatoms. The molecule has 0 bridgehead atoms. The molecule has 1 aliphatic rings. The van der Waals surface area contributed by atoms with Crippen LogP contribution in [0.15, 0.2) is 10.8 Å². The Labute approximate surface area is 101 Å². The highest BCUT2D eigenvalue weighted by Gasteiger charge is 2.16. The van der Waals surface area contributed by atoms with Crippen molar-refractivity contribution in [2.75, 3.05) is 6.54 Å². The van der Waals surface area contributed by atoms with E-state index in [1.165, 1.54) is 11.1 Å². The fourth-order valence-electron chi connectivity index (χ4n) is 1.92. The molecule has 0 saturated heterocycles. The van der Waals surface area contributed by atoms with Crippen molar-refractivity contribution in [3.63, 3.8) is 0 Å². The Morgan fingerprint density at radius 1 is 1.40 bits per heavy atom. The Bertz CT molecular complexity index is 496. The number of hydrogen-bond donors (Lipinski definition) is 2. The molecule has 0 aliphatic carbocycles. The normalized spacial score (nSPS) is 14.7. The monoisotopic (exact) mass is 288 g/mol. The molecule has 0 radical (unpaired) electrons. The maximum absolute atomic E-state index is 4.30. The van der Waals surface area contributed by atoms with Crippen molar-refractivity contribution >= 4 is 39.4 Å². The van der Waals surface area contributed by atoms with E-state index in [4.69, 9.17) is 0 Å². The minimum atomic E-state index is 0. The van der Waals surface area contributed by atoms with Crippen LogP contribution < -0.4 is 5.32 Å². The fourth-order valence-corrected chi connectivity index (χ4v) is 2.43. The van der Waals surface area contributed by atoms with Crippen LogP contribution in [0.4, 0.5) is 0 Å². The number of pyridine rings is 1. The molecule has 15 heavy (non-hydrogen) atoms. The van der Waals surface area contributed by atoms with Gasteiger partial charge in [-0.15, -0.1) is 12.4 Å². The topological polar surface area (TPSA) is 53.6 Å². The molecule has 0 atom stereocenters. The standard InChI is InChI=1S/C9H9BrN4.ClH/c10-8-7-6-1-2-11-3-5(6)4-12-9(7)14-13-8;/h4,11H,1-3H2,(H,12,13,14);1H. The van der Waals surface area contributed by atoms with Crippen LogP contribution in [-0.4, -0.2) is 21.7 Å². The number of rotatable bonds is 0. The summed E-state index contributed by atoms with van der Waals surface area (Å²) in [7, 11) is 0. The highest BCUT2D eigenvalue weighted by atomic mass is 79.9. The summed E-state index contributed by atoms with van der Waals surface area (Å²) in [5.41, 5.74) is 3.46. The lowest BCUT2D eigenvalue weighted by atomic mass is 10.0. The van der Waals surface area contributed by atoms with Crippen LogP contribution in [0.3, 0.4) is 0 Å². The molecule has 80 valence electrons. The Morgan fingerprint density at radius 2 is 2.27 bits per heavy atom. The van der Waals surface area contributed by atoms with Crippen molar-refractivity contribution in [2.45, 2.75) is 13.0 Å². The summed E-state index contributed by atoms with van der Waals surface area (Å²) in [6, 6.07) is 0. The molecule has 1 aliphatic heterocycles. The molecule has 0 unspecified atom stereocenters. The van der Waals surface area contributed by atoms with Crippen molar-refractivity contribution in [3.8, 4) is 0 Å². The third-order valence-electron chi connectivity index (χ3n) is 2.60. The molecule has 2 aromatic heterocycles. The number of aromatic nitrogens is 3. The van der Waals surface area contributed by atoms with Gasteiger partial charge in [0.25, 0.3) is 0 Å². The highest BCUT2D eigenvalue weighted by molar-refractivity contribution is 9.10. The number of fused-ring (bicyclic) bond motifs is 3. The maximum Gasteiger partial charge on any atom is 0.182 e. The second-order valence-corrected chi connectivity index (χ2v) is 4.22. The van der Waals surface area contributed by atoms with E-state index < -0.39 is 0 Å². The smallest absolute Gasteiger partial charge is 0.182 e. The second-order valence-electron chi connectivity index (χ2n) is 3.42. The minimum Gasteiger partial charge on any atom is -0.312 e. The molecule has 4 nitrogen and oxygen atoms in total. The van der Waals surface area contributed by atoms with Gasteiger partial charge in [-0.2, -0.15) is 5.10 Å².